The van der Waals surface area contributed by atoms with Gasteiger partial charge in [-0.05, 0) is 52.8 Å². The van der Waals surface area contributed by atoms with E-state index < -0.39 is 0 Å². The molecule has 0 atom stereocenters. The van der Waals surface area contributed by atoms with Crippen LogP contribution in [0.15, 0.2) is 49.6 Å². The lowest BCUT2D eigenvalue weighted by Crippen LogP contribution is -2.28. The van der Waals surface area contributed by atoms with Gasteiger partial charge in [-0.3, -0.25) is 14.7 Å². The summed E-state index contributed by atoms with van der Waals surface area (Å²) in [5.74, 6) is 0.501. The van der Waals surface area contributed by atoms with E-state index in [2.05, 4.69) is 25.9 Å². The van der Waals surface area contributed by atoms with Crippen LogP contribution in [0.4, 0.5) is 5.69 Å². The summed E-state index contributed by atoms with van der Waals surface area (Å²) >= 11 is 10.6. The maximum Gasteiger partial charge on any atom is 0.266 e. The maximum atomic E-state index is 12.5. The van der Waals surface area contributed by atoms with Crippen molar-refractivity contribution in [3.63, 3.8) is 0 Å². The van der Waals surface area contributed by atoms with E-state index >= 15 is 0 Å². The largest absolute Gasteiger partial charge is 0.450 e. The molecule has 1 aliphatic rings. The zero-order valence-corrected chi connectivity index (χ0v) is 15.2. The lowest BCUT2D eigenvalue weighted by atomic mass is 10.3. The van der Waals surface area contributed by atoms with Gasteiger partial charge in [-0.25, -0.2) is 4.99 Å². The summed E-state index contributed by atoms with van der Waals surface area (Å²) in [6.45, 7) is 2.42. The summed E-state index contributed by atoms with van der Waals surface area (Å²) in [5, 5.41) is 1.03. The number of pyridine rings is 1. The number of halogens is 2. The Morgan fingerprint density at radius 2 is 2.30 bits per heavy atom. The molecule has 3 heterocycles. The molecule has 1 saturated heterocycles. The van der Waals surface area contributed by atoms with Gasteiger partial charge in [0.15, 0.2) is 9.84 Å². The molecule has 0 aliphatic carbocycles. The Bertz CT molecular complexity index is 819. The zero-order chi connectivity index (χ0) is 16.4. The number of rotatable bonds is 3. The number of amides is 1. The van der Waals surface area contributed by atoms with Crippen molar-refractivity contribution in [2.24, 2.45) is 4.99 Å². The van der Waals surface area contributed by atoms with Crippen molar-refractivity contribution in [2.75, 3.05) is 6.54 Å². The second kappa shape index (κ2) is 6.90. The van der Waals surface area contributed by atoms with E-state index in [9.17, 15) is 4.79 Å². The van der Waals surface area contributed by atoms with Gasteiger partial charge in [-0.15, -0.1) is 0 Å². The van der Waals surface area contributed by atoms with Gasteiger partial charge < -0.3 is 4.42 Å². The van der Waals surface area contributed by atoms with Crippen LogP contribution in [-0.4, -0.2) is 27.5 Å². The van der Waals surface area contributed by atoms with E-state index in [4.69, 9.17) is 16.0 Å². The molecule has 0 N–H and O–H groups in total. The molecule has 8 heteroatoms. The first-order valence-electron chi connectivity index (χ1n) is 6.73. The highest BCUT2D eigenvalue weighted by Gasteiger charge is 2.32. The van der Waals surface area contributed by atoms with Crippen LogP contribution in [0.5, 0.6) is 0 Å². The Balaban J connectivity index is 1.95. The summed E-state index contributed by atoms with van der Waals surface area (Å²) in [6, 6.07) is 5.27. The zero-order valence-electron chi connectivity index (χ0n) is 12.0. The van der Waals surface area contributed by atoms with E-state index in [1.165, 1.54) is 18.0 Å². The van der Waals surface area contributed by atoms with Crippen molar-refractivity contribution < 1.29 is 9.21 Å². The average Bonchev–Trinajstić information content (AvgIpc) is 3.06. The lowest BCUT2D eigenvalue weighted by Gasteiger charge is -2.12. The number of hydrogen-bond donors (Lipinski definition) is 0. The number of furan rings is 1. The van der Waals surface area contributed by atoms with Gasteiger partial charge in [0.1, 0.15) is 5.76 Å². The normalized spacial score (nSPS) is 18.4. The molecule has 3 rings (SSSR count). The lowest BCUT2D eigenvalue weighted by molar-refractivity contribution is -0.122. The monoisotopic (exact) mass is 411 g/mol. The molecule has 0 spiro atoms. The number of likely N-dealkylation sites (N-methyl/N-ethyl adjacent to an activating group) is 1. The highest BCUT2D eigenvalue weighted by Crippen LogP contribution is 2.35. The highest BCUT2D eigenvalue weighted by molar-refractivity contribution is 9.10. The average molecular weight is 413 g/mol. The summed E-state index contributed by atoms with van der Waals surface area (Å²) in [4.78, 5) is 23.1. The minimum absolute atomic E-state index is 0.103. The number of amidine groups is 1. The summed E-state index contributed by atoms with van der Waals surface area (Å²) < 4.78 is 6.04. The standard InChI is InChI=1S/C15H11BrClN3O2S/c1-2-20-14(21)12(7-9-3-4-13(16)22-9)23-15(20)19-11-5-6-18-8-10(11)17/h3-8H,2H2,1H3/b12-7+,19-15?. The minimum Gasteiger partial charge on any atom is -0.450 e. The topological polar surface area (TPSA) is 58.7 Å². The molecule has 0 bridgehead atoms. The van der Waals surface area contributed by atoms with Crippen LogP contribution in [0.2, 0.25) is 5.02 Å². The van der Waals surface area contributed by atoms with Crippen LogP contribution in [0.25, 0.3) is 6.08 Å². The minimum atomic E-state index is -0.103. The van der Waals surface area contributed by atoms with Gasteiger partial charge in [0, 0.05) is 25.0 Å². The molecular weight excluding hydrogens is 402 g/mol. The van der Waals surface area contributed by atoms with Crippen molar-refractivity contribution in [3.8, 4) is 0 Å². The van der Waals surface area contributed by atoms with E-state index in [1.807, 2.05) is 6.92 Å². The fourth-order valence-electron chi connectivity index (χ4n) is 1.97. The first kappa shape index (κ1) is 16.3. The summed E-state index contributed by atoms with van der Waals surface area (Å²) in [6.07, 6.45) is 4.84. The smallest absolute Gasteiger partial charge is 0.266 e. The molecule has 23 heavy (non-hydrogen) atoms. The Morgan fingerprint density at radius 1 is 1.48 bits per heavy atom. The van der Waals surface area contributed by atoms with Crippen molar-refractivity contribution in [1.82, 2.24) is 9.88 Å². The summed E-state index contributed by atoms with van der Waals surface area (Å²) in [7, 11) is 0. The number of carbonyl (C=O) groups is 1. The van der Waals surface area contributed by atoms with Gasteiger partial charge in [0.2, 0.25) is 0 Å². The van der Waals surface area contributed by atoms with Gasteiger partial charge in [0.25, 0.3) is 5.91 Å². The van der Waals surface area contributed by atoms with Crippen LogP contribution in [-0.2, 0) is 4.79 Å². The number of aliphatic imine (C=N–C) groups is 1. The predicted molar refractivity (Wildman–Crippen MR) is 95.7 cm³/mol. The summed E-state index contributed by atoms with van der Waals surface area (Å²) in [5.41, 5.74) is 0.581. The molecule has 5 nitrogen and oxygen atoms in total. The molecule has 2 aromatic rings. The number of carbonyl (C=O) groups excluding carboxylic acids is 1. The van der Waals surface area contributed by atoms with Gasteiger partial charge in [0.05, 0.1) is 15.6 Å². The number of hydrogen-bond acceptors (Lipinski definition) is 5. The van der Waals surface area contributed by atoms with Crippen molar-refractivity contribution >= 4 is 62.1 Å². The van der Waals surface area contributed by atoms with Crippen LogP contribution in [0, 0.1) is 0 Å². The van der Waals surface area contributed by atoms with Gasteiger partial charge >= 0.3 is 0 Å². The Kier molecular flexibility index (Phi) is 4.89. The van der Waals surface area contributed by atoms with Crippen LogP contribution >= 0.6 is 39.3 Å². The molecule has 1 aliphatic heterocycles. The molecule has 1 amide bonds. The third-order valence-corrected chi connectivity index (χ3v) is 4.76. The molecule has 118 valence electrons. The number of aromatic nitrogens is 1. The first-order chi connectivity index (χ1) is 11.1. The first-order valence-corrected chi connectivity index (χ1v) is 8.72. The molecule has 0 unspecified atom stereocenters. The molecular formula is C15H11BrClN3O2S. The van der Waals surface area contributed by atoms with Crippen LogP contribution < -0.4 is 0 Å². The van der Waals surface area contributed by atoms with Gasteiger partial charge in [-0.2, -0.15) is 0 Å². The molecule has 0 saturated carbocycles. The van der Waals surface area contributed by atoms with Crippen LogP contribution in [0.1, 0.15) is 12.7 Å². The molecule has 2 aromatic heterocycles. The Labute approximate surface area is 150 Å². The maximum absolute atomic E-state index is 12.5. The van der Waals surface area contributed by atoms with E-state index in [-0.39, 0.29) is 5.91 Å². The number of thioether (sulfide) groups is 1. The predicted octanol–water partition coefficient (Wildman–Crippen LogP) is 4.71. The molecule has 0 radical (unpaired) electrons. The van der Waals surface area contributed by atoms with Crippen molar-refractivity contribution in [2.45, 2.75) is 6.92 Å². The number of nitrogens with zero attached hydrogens (tertiary/aromatic N) is 3. The van der Waals surface area contributed by atoms with Crippen LogP contribution in [0.3, 0.4) is 0 Å². The fraction of sp³-hybridized carbons (Fsp3) is 0.133. The second-order valence-corrected chi connectivity index (χ2v) is 6.72. The van der Waals surface area contributed by atoms with E-state index in [1.54, 1.807) is 35.4 Å². The Morgan fingerprint density at radius 3 is 2.96 bits per heavy atom. The Hall–Kier alpha value is -1.57. The molecule has 1 fully saturated rings. The fourth-order valence-corrected chi connectivity index (χ4v) is 3.48. The van der Waals surface area contributed by atoms with Crippen molar-refractivity contribution in [1.29, 1.82) is 0 Å². The van der Waals surface area contributed by atoms with E-state index in [0.717, 1.165) is 0 Å². The SMILES string of the molecule is CCN1C(=O)/C(=C\c2ccc(Br)o2)SC1=Nc1ccncc1Cl. The van der Waals surface area contributed by atoms with Gasteiger partial charge in [-0.1, -0.05) is 11.6 Å². The highest BCUT2D eigenvalue weighted by atomic mass is 79.9. The third kappa shape index (κ3) is 3.52. The van der Waals surface area contributed by atoms with E-state index in [0.29, 0.717) is 37.8 Å². The van der Waals surface area contributed by atoms with Crippen molar-refractivity contribution in [3.05, 3.63) is 51.0 Å². The molecule has 0 aromatic carbocycles. The second-order valence-electron chi connectivity index (χ2n) is 4.52. The third-order valence-electron chi connectivity index (χ3n) is 3.04. The quantitative estimate of drug-likeness (QED) is 0.685.